The number of hydrogen-bond donors (Lipinski definition) is 3. The van der Waals surface area contributed by atoms with Crippen LogP contribution in [0.3, 0.4) is 0 Å². The van der Waals surface area contributed by atoms with Gasteiger partial charge in [0, 0.05) is 30.6 Å². The number of aromatic nitrogens is 2. The topological polar surface area (TPSA) is 82.2 Å². The minimum atomic E-state index is -0.574. The molecule has 3 N–H and O–H groups in total. The number of nitrogens with zero attached hydrogens (tertiary/aromatic N) is 3. The summed E-state index contributed by atoms with van der Waals surface area (Å²) in [5.74, 6) is -0.362. The summed E-state index contributed by atoms with van der Waals surface area (Å²) in [6, 6.07) is 14.5. The molecular formula is C22H25FN6OS. The first-order valence-corrected chi connectivity index (χ1v) is 11.1. The molecule has 1 heterocycles. The predicted molar refractivity (Wildman–Crippen MR) is 126 cm³/mol. The van der Waals surface area contributed by atoms with Crippen molar-refractivity contribution in [3.05, 3.63) is 66.1 Å². The lowest BCUT2D eigenvalue weighted by Crippen LogP contribution is -2.30. The Labute approximate surface area is 185 Å². The van der Waals surface area contributed by atoms with E-state index in [4.69, 9.17) is 0 Å². The van der Waals surface area contributed by atoms with Crippen molar-refractivity contribution in [3.8, 4) is 0 Å². The van der Waals surface area contributed by atoms with E-state index < -0.39 is 5.82 Å². The number of carbonyl (C=O) groups is 1. The number of para-hydroxylation sites is 2. The van der Waals surface area contributed by atoms with E-state index in [1.54, 1.807) is 29.2 Å². The fourth-order valence-electron chi connectivity index (χ4n) is 2.99. The smallest absolute Gasteiger partial charge is 0.253 e. The maximum atomic E-state index is 14.4. The molecule has 0 saturated heterocycles. The molecule has 0 unspecified atom stereocenters. The maximum Gasteiger partial charge on any atom is 0.253 e. The largest absolute Gasteiger partial charge is 0.339 e. The Morgan fingerprint density at radius 3 is 2.52 bits per heavy atom. The van der Waals surface area contributed by atoms with Gasteiger partial charge in [-0.15, -0.1) is 0 Å². The lowest BCUT2D eigenvalue weighted by Gasteiger charge is -2.19. The van der Waals surface area contributed by atoms with Crippen LogP contribution in [0, 0.1) is 5.82 Å². The van der Waals surface area contributed by atoms with Crippen LogP contribution in [0.1, 0.15) is 24.2 Å². The number of carbonyl (C=O) groups excluding carboxylic acids is 1. The first kappa shape index (κ1) is 22.4. The molecule has 1 amide bonds. The van der Waals surface area contributed by atoms with E-state index in [9.17, 15) is 9.18 Å². The number of benzene rings is 2. The zero-order valence-electron chi connectivity index (χ0n) is 17.6. The fourth-order valence-corrected chi connectivity index (χ4v) is 3.38. The van der Waals surface area contributed by atoms with Crippen LogP contribution in [0.4, 0.5) is 33.2 Å². The third-order valence-corrected chi connectivity index (χ3v) is 4.98. The Morgan fingerprint density at radius 1 is 1.06 bits per heavy atom. The summed E-state index contributed by atoms with van der Waals surface area (Å²) in [6.45, 7) is 5.15. The molecule has 3 aromatic rings. The molecule has 3 rings (SSSR count). The second-order valence-electron chi connectivity index (χ2n) is 6.55. The third kappa shape index (κ3) is 5.64. The second-order valence-corrected chi connectivity index (χ2v) is 7.16. The van der Waals surface area contributed by atoms with Crippen LogP contribution in [0.25, 0.3) is 0 Å². The van der Waals surface area contributed by atoms with Gasteiger partial charge in [-0.3, -0.25) is 4.79 Å². The van der Waals surface area contributed by atoms with Crippen molar-refractivity contribution < 1.29 is 9.18 Å². The average Bonchev–Trinajstić information content (AvgIpc) is 2.78. The van der Waals surface area contributed by atoms with E-state index in [0.717, 1.165) is 11.9 Å². The van der Waals surface area contributed by atoms with E-state index in [1.807, 2.05) is 44.4 Å². The van der Waals surface area contributed by atoms with Gasteiger partial charge in [0.2, 0.25) is 5.95 Å². The summed E-state index contributed by atoms with van der Waals surface area (Å²) in [4.78, 5) is 22.6. The predicted octanol–water partition coefficient (Wildman–Crippen LogP) is 5.27. The Morgan fingerprint density at radius 2 is 1.81 bits per heavy atom. The maximum absolute atomic E-state index is 14.4. The van der Waals surface area contributed by atoms with Crippen LogP contribution in [-0.2, 0) is 0 Å². The second kappa shape index (κ2) is 10.6. The van der Waals surface area contributed by atoms with Crippen molar-refractivity contribution in [1.29, 1.82) is 0 Å². The summed E-state index contributed by atoms with van der Waals surface area (Å²) in [6.07, 6.45) is 3.01. The van der Waals surface area contributed by atoms with Gasteiger partial charge in [0.1, 0.15) is 0 Å². The van der Waals surface area contributed by atoms with E-state index in [2.05, 4.69) is 25.3 Å². The molecule has 0 atom stereocenters. The normalized spacial score (nSPS) is 10.5. The molecule has 0 bridgehead atoms. The zero-order valence-corrected chi connectivity index (χ0v) is 18.5. The summed E-state index contributed by atoms with van der Waals surface area (Å²) in [5, 5.41) is 6.06. The molecule has 31 heavy (non-hydrogen) atoms. The van der Waals surface area contributed by atoms with Crippen molar-refractivity contribution in [3.63, 3.8) is 0 Å². The molecule has 0 aliphatic heterocycles. The van der Waals surface area contributed by atoms with Crippen molar-refractivity contribution in [1.82, 2.24) is 14.9 Å². The summed E-state index contributed by atoms with van der Waals surface area (Å²) < 4.78 is 17.5. The lowest BCUT2D eigenvalue weighted by molar-refractivity contribution is 0.0773. The molecule has 1 aromatic heterocycles. The van der Waals surface area contributed by atoms with Crippen molar-refractivity contribution >= 4 is 46.7 Å². The highest BCUT2D eigenvalue weighted by Crippen LogP contribution is 2.28. The van der Waals surface area contributed by atoms with E-state index >= 15 is 0 Å². The molecule has 0 aliphatic rings. The van der Waals surface area contributed by atoms with Crippen LogP contribution in [0.15, 0.2) is 54.7 Å². The SMILES string of the molecule is CCN(CC)C(=O)c1cccc(Nc2ncc(F)c(Nc3ccccc3NSC)n2)c1. The Balaban J connectivity index is 1.81. The summed E-state index contributed by atoms with van der Waals surface area (Å²) in [7, 11) is 0. The number of hydrogen-bond acceptors (Lipinski definition) is 7. The van der Waals surface area contributed by atoms with Crippen LogP contribution < -0.4 is 15.4 Å². The highest BCUT2D eigenvalue weighted by atomic mass is 32.2. The van der Waals surface area contributed by atoms with Gasteiger partial charge in [-0.25, -0.2) is 9.37 Å². The van der Waals surface area contributed by atoms with Crippen molar-refractivity contribution in [2.24, 2.45) is 0 Å². The van der Waals surface area contributed by atoms with Gasteiger partial charge in [-0.2, -0.15) is 4.98 Å². The monoisotopic (exact) mass is 440 g/mol. The Bertz CT molecular complexity index is 1040. The minimum Gasteiger partial charge on any atom is -0.339 e. The molecular weight excluding hydrogens is 415 g/mol. The number of halogens is 1. The molecule has 0 radical (unpaired) electrons. The van der Waals surface area contributed by atoms with Crippen molar-refractivity contribution in [2.45, 2.75) is 13.8 Å². The van der Waals surface area contributed by atoms with Gasteiger partial charge in [0.25, 0.3) is 5.91 Å². The van der Waals surface area contributed by atoms with Gasteiger partial charge >= 0.3 is 0 Å². The molecule has 9 heteroatoms. The van der Waals surface area contributed by atoms with Crippen LogP contribution in [0.2, 0.25) is 0 Å². The molecule has 2 aromatic carbocycles. The standard InChI is InChI=1S/C22H25FN6OS/c1-4-29(5-2)21(30)15-9-8-10-16(13-15)25-22-24-14-17(23)20(27-22)26-18-11-6-7-12-19(18)28-31-3/h6-14,28H,4-5H2,1-3H3,(H2,24,25,26,27). The number of rotatable bonds is 9. The van der Waals surface area contributed by atoms with E-state index in [0.29, 0.717) is 30.0 Å². The Hall–Kier alpha value is -3.33. The minimum absolute atomic E-state index is 0.0447. The van der Waals surface area contributed by atoms with Gasteiger partial charge < -0.3 is 20.3 Å². The number of nitrogens with one attached hydrogen (secondary N) is 3. The zero-order chi connectivity index (χ0) is 22.2. The van der Waals surface area contributed by atoms with Gasteiger partial charge in [0.15, 0.2) is 11.6 Å². The average molecular weight is 441 g/mol. The lowest BCUT2D eigenvalue weighted by atomic mass is 10.1. The van der Waals surface area contributed by atoms with Gasteiger partial charge in [-0.1, -0.05) is 30.1 Å². The molecule has 0 saturated carbocycles. The van der Waals surface area contributed by atoms with Crippen LogP contribution in [-0.4, -0.2) is 40.1 Å². The third-order valence-electron chi connectivity index (χ3n) is 4.55. The quantitative estimate of drug-likeness (QED) is 0.391. The summed E-state index contributed by atoms with van der Waals surface area (Å²) >= 11 is 1.44. The first-order chi connectivity index (χ1) is 15.0. The van der Waals surface area contributed by atoms with Gasteiger partial charge in [-0.05, 0) is 44.2 Å². The molecule has 0 fully saturated rings. The van der Waals surface area contributed by atoms with E-state index in [1.165, 1.54) is 11.9 Å². The highest BCUT2D eigenvalue weighted by Gasteiger charge is 2.14. The molecule has 0 aliphatic carbocycles. The molecule has 0 spiro atoms. The van der Waals surface area contributed by atoms with Crippen LogP contribution in [0.5, 0.6) is 0 Å². The van der Waals surface area contributed by atoms with Gasteiger partial charge in [0.05, 0.1) is 17.6 Å². The molecule has 162 valence electrons. The molecule has 7 nitrogen and oxygen atoms in total. The highest BCUT2D eigenvalue weighted by molar-refractivity contribution is 7.99. The number of anilines is 5. The number of amides is 1. The van der Waals surface area contributed by atoms with E-state index in [-0.39, 0.29) is 17.7 Å². The van der Waals surface area contributed by atoms with Crippen LogP contribution >= 0.6 is 11.9 Å². The summed E-state index contributed by atoms with van der Waals surface area (Å²) in [5.41, 5.74) is 2.70. The first-order valence-electron chi connectivity index (χ1n) is 9.89. The fraction of sp³-hybridized carbons (Fsp3) is 0.227. The van der Waals surface area contributed by atoms with Crippen molar-refractivity contribution in [2.75, 3.05) is 34.7 Å². The Kier molecular flexibility index (Phi) is 7.66.